The lowest BCUT2D eigenvalue weighted by molar-refractivity contribution is -0.149. The summed E-state index contributed by atoms with van der Waals surface area (Å²) in [6, 6.07) is 0. The molecule has 5 heteroatoms. The Morgan fingerprint density at radius 3 is 2.53 bits per heavy atom. The highest BCUT2D eigenvalue weighted by Gasteiger charge is 2.27. The van der Waals surface area contributed by atoms with Crippen LogP contribution in [-0.2, 0) is 9.53 Å². The van der Waals surface area contributed by atoms with Crippen molar-refractivity contribution >= 4 is 5.97 Å². The lowest BCUT2D eigenvalue weighted by Crippen LogP contribution is -2.41. The summed E-state index contributed by atoms with van der Waals surface area (Å²) in [6.45, 7) is 6.77. The second-order valence-electron chi connectivity index (χ2n) is 5.48. The van der Waals surface area contributed by atoms with Crippen LogP contribution in [-0.4, -0.2) is 61.4 Å². The van der Waals surface area contributed by atoms with Crippen LogP contribution < -0.4 is 0 Å². The molecular weight excluding hydrogens is 247 g/mol. The number of carbonyl (C=O) groups is 1. The number of carbonyl (C=O) groups excluding carboxylic acids is 1. The van der Waals surface area contributed by atoms with E-state index in [4.69, 9.17) is 4.74 Å². The Balaban J connectivity index is 1.64. The molecule has 2 aliphatic rings. The topological polar surface area (TPSA) is 32.8 Å². The molecule has 2 heterocycles. The second kappa shape index (κ2) is 7.20. The molecule has 0 radical (unpaired) electrons. The van der Waals surface area contributed by atoms with Crippen molar-refractivity contribution < 1.29 is 13.9 Å². The maximum absolute atomic E-state index is 13.4. The van der Waals surface area contributed by atoms with E-state index in [1.54, 1.807) is 0 Å². The van der Waals surface area contributed by atoms with Crippen molar-refractivity contribution in [2.75, 3.05) is 39.3 Å². The first kappa shape index (κ1) is 14.7. The second-order valence-corrected chi connectivity index (χ2v) is 5.48. The number of hydrogen-bond acceptors (Lipinski definition) is 4. The van der Waals surface area contributed by atoms with Crippen molar-refractivity contribution in [3.63, 3.8) is 0 Å². The van der Waals surface area contributed by atoms with E-state index in [2.05, 4.69) is 4.90 Å². The third kappa shape index (κ3) is 4.14. The Hall–Kier alpha value is -0.680. The van der Waals surface area contributed by atoms with E-state index in [0.29, 0.717) is 13.0 Å². The average Bonchev–Trinajstić information content (AvgIpc) is 2.83. The molecule has 4 nitrogen and oxygen atoms in total. The molecule has 0 N–H and O–H groups in total. The van der Waals surface area contributed by atoms with Crippen molar-refractivity contribution in [3.05, 3.63) is 0 Å². The fourth-order valence-corrected chi connectivity index (χ4v) is 2.96. The zero-order valence-corrected chi connectivity index (χ0v) is 11.8. The van der Waals surface area contributed by atoms with Crippen LogP contribution in [0.4, 0.5) is 4.39 Å². The SMILES string of the molecule is CCOC(=O)C1CCN(CCN2CCC[C@@H]2F)CC1. The monoisotopic (exact) mass is 272 g/mol. The highest BCUT2D eigenvalue weighted by molar-refractivity contribution is 5.72. The van der Waals surface area contributed by atoms with Crippen LogP contribution in [0.15, 0.2) is 0 Å². The first-order valence-electron chi connectivity index (χ1n) is 7.48. The molecule has 2 aliphatic heterocycles. The summed E-state index contributed by atoms with van der Waals surface area (Å²) in [7, 11) is 0. The molecule has 0 aliphatic carbocycles. The van der Waals surface area contributed by atoms with Gasteiger partial charge in [-0.05, 0) is 45.7 Å². The van der Waals surface area contributed by atoms with E-state index in [9.17, 15) is 9.18 Å². The summed E-state index contributed by atoms with van der Waals surface area (Å²) in [5, 5.41) is 0. The van der Waals surface area contributed by atoms with Crippen molar-refractivity contribution in [1.82, 2.24) is 9.80 Å². The van der Waals surface area contributed by atoms with E-state index < -0.39 is 6.30 Å². The van der Waals surface area contributed by atoms with Crippen LogP contribution in [0.5, 0.6) is 0 Å². The molecule has 1 atom stereocenters. The molecule has 0 amide bonds. The van der Waals surface area contributed by atoms with Gasteiger partial charge in [0, 0.05) is 19.6 Å². The summed E-state index contributed by atoms with van der Waals surface area (Å²) in [5.41, 5.74) is 0. The average molecular weight is 272 g/mol. The van der Waals surface area contributed by atoms with Crippen LogP contribution in [0.1, 0.15) is 32.6 Å². The minimum absolute atomic E-state index is 0.0504. The van der Waals surface area contributed by atoms with E-state index in [1.165, 1.54) is 0 Å². The molecular formula is C14H25FN2O2. The van der Waals surface area contributed by atoms with Crippen molar-refractivity contribution in [2.45, 2.75) is 38.9 Å². The van der Waals surface area contributed by atoms with E-state index >= 15 is 0 Å². The van der Waals surface area contributed by atoms with Crippen LogP contribution >= 0.6 is 0 Å². The Morgan fingerprint density at radius 1 is 1.21 bits per heavy atom. The Bertz CT molecular complexity index is 293. The number of halogens is 1. The van der Waals surface area contributed by atoms with Gasteiger partial charge in [0.1, 0.15) is 0 Å². The van der Waals surface area contributed by atoms with E-state index in [-0.39, 0.29) is 11.9 Å². The van der Waals surface area contributed by atoms with Gasteiger partial charge in [0.15, 0.2) is 6.30 Å². The summed E-state index contributed by atoms with van der Waals surface area (Å²) in [4.78, 5) is 15.9. The summed E-state index contributed by atoms with van der Waals surface area (Å²) in [5.74, 6) is 0.0161. The third-order valence-corrected chi connectivity index (χ3v) is 4.19. The van der Waals surface area contributed by atoms with Gasteiger partial charge in [-0.1, -0.05) is 0 Å². The molecule has 0 spiro atoms. The fraction of sp³-hybridized carbons (Fsp3) is 0.929. The van der Waals surface area contributed by atoms with Gasteiger partial charge in [-0.15, -0.1) is 0 Å². The molecule has 0 aromatic heterocycles. The standard InChI is InChI=1S/C14H25FN2O2/c1-2-19-14(18)12-5-8-16(9-6-12)10-11-17-7-3-4-13(17)15/h12-13H,2-11H2,1H3/t13-/m1/s1. The molecule has 0 saturated carbocycles. The van der Waals surface area contributed by atoms with Crippen LogP contribution in [0.2, 0.25) is 0 Å². The molecule has 0 aromatic rings. The predicted molar refractivity (Wildman–Crippen MR) is 71.5 cm³/mol. The maximum atomic E-state index is 13.4. The zero-order chi connectivity index (χ0) is 13.7. The number of piperidine rings is 1. The predicted octanol–water partition coefficient (Wildman–Crippen LogP) is 1.65. The maximum Gasteiger partial charge on any atom is 0.309 e. The Morgan fingerprint density at radius 2 is 1.95 bits per heavy atom. The number of alkyl halides is 1. The van der Waals surface area contributed by atoms with Gasteiger partial charge in [-0.3, -0.25) is 9.69 Å². The van der Waals surface area contributed by atoms with Crippen molar-refractivity contribution in [2.24, 2.45) is 5.92 Å². The van der Waals surface area contributed by atoms with E-state index in [0.717, 1.165) is 52.0 Å². The largest absolute Gasteiger partial charge is 0.466 e. The molecule has 0 aromatic carbocycles. The Kier molecular flexibility index (Phi) is 5.58. The lowest BCUT2D eigenvalue weighted by atomic mass is 9.97. The number of esters is 1. The number of rotatable bonds is 5. The van der Waals surface area contributed by atoms with Gasteiger partial charge >= 0.3 is 5.97 Å². The van der Waals surface area contributed by atoms with Gasteiger partial charge in [0.2, 0.25) is 0 Å². The van der Waals surface area contributed by atoms with Crippen LogP contribution in [0, 0.1) is 5.92 Å². The molecule has 0 bridgehead atoms. The van der Waals surface area contributed by atoms with Gasteiger partial charge in [-0.2, -0.15) is 0 Å². The Labute approximate surface area is 114 Å². The molecule has 2 rings (SSSR count). The molecule has 19 heavy (non-hydrogen) atoms. The molecule has 110 valence electrons. The molecule has 2 saturated heterocycles. The molecule has 0 unspecified atom stereocenters. The van der Waals surface area contributed by atoms with Crippen LogP contribution in [0.3, 0.4) is 0 Å². The quantitative estimate of drug-likeness (QED) is 0.563. The van der Waals surface area contributed by atoms with E-state index in [1.807, 2.05) is 11.8 Å². The first-order chi connectivity index (χ1) is 9.20. The zero-order valence-electron chi connectivity index (χ0n) is 11.8. The fourth-order valence-electron chi connectivity index (χ4n) is 2.96. The minimum atomic E-state index is -0.739. The first-order valence-corrected chi connectivity index (χ1v) is 7.48. The van der Waals surface area contributed by atoms with Crippen LogP contribution in [0.25, 0.3) is 0 Å². The number of ether oxygens (including phenoxy) is 1. The van der Waals surface area contributed by atoms with Crippen molar-refractivity contribution in [3.8, 4) is 0 Å². The number of likely N-dealkylation sites (tertiary alicyclic amines) is 2. The lowest BCUT2D eigenvalue weighted by Gasteiger charge is -2.32. The van der Waals surface area contributed by atoms with Gasteiger partial charge in [-0.25, -0.2) is 4.39 Å². The number of nitrogens with zero attached hydrogens (tertiary/aromatic N) is 2. The van der Waals surface area contributed by atoms with Gasteiger partial charge < -0.3 is 9.64 Å². The molecule has 2 fully saturated rings. The summed E-state index contributed by atoms with van der Waals surface area (Å²) >= 11 is 0. The summed E-state index contributed by atoms with van der Waals surface area (Å²) < 4.78 is 18.5. The normalized spacial score (nSPS) is 26.7. The van der Waals surface area contributed by atoms with Crippen molar-refractivity contribution in [1.29, 1.82) is 0 Å². The smallest absolute Gasteiger partial charge is 0.309 e. The third-order valence-electron chi connectivity index (χ3n) is 4.19. The van der Waals surface area contributed by atoms with Gasteiger partial charge in [0.05, 0.1) is 12.5 Å². The number of hydrogen-bond donors (Lipinski definition) is 0. The highest BCUT2D eigenvalue weighted by Crippen LogP contribution is 2.20. The summed E-state index contributed by atoms with van der Waals surface area (Å²) in [6.07, 6.45) is 2.67. The minimum Gasteiger partial charge on any atom is -0.466 e. The highest BCUT2D eigenvalue weighted by atomic mass is 19.1. The van der Waals surface area contributed by atoms with Gasteiger partial charge in [0.25, 0.3) is 0 Å².